The van der Waals surface area contributed by atoms with Gasteiger partial charge >= 0.3 is 0 Å². The van der Waals surface area contributed by atoms with Gasteiger partial charge in [-0.05, 0) is 60.7 Å². The van der Waals surface area contributed by atoms with Crippen LogP contribution in [0.15, 0.2) is 83.4 Å². The Morgan fingerprint density at radius 2 is 1.77 bits per heavy atom. The number of anilines is 2. The fourth-order valence-corrected chi connectivity index (χ4v) is 5.37. The van der Waals surface area contributed by atoms with Crippen molar-refractivity contribution in [3.8, 4) is 6.07 Å². The Morgan fingerprint density at radius 1 is 1.09 bits per heavy atom. The van der Waals surface area contributed by atoms with Crippen LogP contribution in [0.4, 0.5) is 11.4 Å². The molecule has 1 aliphatic heterocycles. The lowest BCUT2D eigenvalue weighted by atomic mass is 10.1. The molecule has 0 aliphatic carbocycles. The van der Waals surface area contributed by atoms with Crippen molar-refractivity contribution in [3.05, 3.63) is 105 Å². The lowest BCUT2D eigenvalue weighted by Gasteiger charge is -2.19. The average Bonchev–Trinajstić information content (AvgIpc) is 3.18. The summed E-state index contributed by atoms with van der Waals surface area (Å²) in [4.78, 5) is 28.3. The van der Waals surface area contributed by atoms with Gasteiger partial charge in [0.2, 0.25) is 5.91 Å². The van der Waals surface area contributed by atoms with Gasteiger partial charge in [-0.1, -0.05) is 78.8 Å². The molecule has 0 saturated carbocycles. The van der Waals surface area contributed by atoms with Crippen molar-refractivity contribution in [1.82, 2.24) is 0 Å². The summed E-state index contributed by atoms with van der Waals surface area (Å²) >= 11 is 7.58. The Labute approximate surface area is 214 Å². The number of hydrogen-bond donors (Lipinski definition) is 1. The molecule has 1 saturated heterocycles. The fourth-order valence-electron chi connectivity index (χ4n) is 3.86. The lowest BCUT2D eigenvalue weighted by molar-refractivity contribution is -0.117. The molecule has 1 heterocycles. The van der Waals surface area contributed by atoms with Gasteiger partial charge in [0.15, 0.2) is 0 Å². The summed E-state index contributed by atoms with van der Waals surface area (Å²) in [6.45, 7) is 3.93. The minimum atomic E-state index is -0.550. The Bertz CT molecular complexity index is 1340. The zero-order valence-corrected chi connectivity index (χ0v) is 21.0. The van der Waals surface area contributed by atoms with Crippen LogP contribution in [0.1, 0.15) is 23.6 Å². The molecule has 3 aromatic carbocycles. The molecular weight excluding hydrogens is 478 g/mol. The second-order valence-electron chi connectivity index (χ2n) is 8.16. The summed E-state index contributed by atoms with van der Waals surface area (Å²) in [6.07, 6.45) is 1.25. The third-order valence-corrected chi connectivity index (χ3v) is 7.50. The van der Waals surface area contributed by atoms with E-state index in [1.807, 2.05) is 73.7 Å². The molecular formula is C28H24ClN3O2S. The van der Waals surface area contributed by atoms with Crippen LogP contribution >= 0.6 is 23.4 Å². The third-order valence-electron chi connectivity index (χ3n) is 5.86. The fraction of sp³-hybridized carbons (Fsp3) is 0.179. The molecule has 1 atom stereocenters. The Morgan fingerprint density at radius 3 is 2.43 bits per heavy atom. The number of nitriles is 1. The van der Waals surface area contributed by atoms with Crippen LogP contribution in [0.5, 0.6) is 0 Å². The van der Waals surface area contributed by atoms with E-state index in [0.717, 1.165) is 23.1 Å². The molecule has 0 bridgehead atoms. The van der Waals surface area contributed by atoms with Crippen molar-refractivity contribution in [3.63, 3.8) is 0 Å². The van der Waals surface area contributed by atoms with Gasteiger partial charge in [-0.2, -0.15) is 5.26 Å². The van der Waals surface area contributed by atoms with Crippen molar-refractivity contribution >= 4 is 46.6 Å². The van der Waals surface area contributed by atoms with Crippen molar-refractivity contribution in [2.75, 3.05) is 10.2 Å². The summed E-state index contributed by atoms with van der Waals surface area (Å²) in [5, 5.41) is 13.2. The first-order chi connectivity index (χ1) is 16.9. The van der Waals surface area contributed by atoms with Gasteiger partial charge in [0.05, 0.1) is 5.25 Å². The van der Waals surface area contributed by atoms with Gasteiger partial charge in [0, 0.05) is 16.4 Å². The van der Waals surface area contributed by atoms with E-state index in [9.17, 15) is 14.9 Å². The molecule has 0 spiro atoms. The van der Waals surface area contributed by atoms with E-state index in [1.54, 1.807) is 12.1 Å². The summed E-state index contributed by atoms with van der Waals surface area (Å²) < 4.78 is 0. The third kappa shape index (κ3) is 5.27. The number of carbonyl (C=O) groups excluding carboxylic acids is 2. The van der Waals surface area contributed by atoms with Crippen LogP contribution in [0.25, 0.3) is 0 Å². The maximum Gasteiger partial charge on any atom is 0.269 e. The van der Waals surface area contributed by atoms with Crippen LogP contribution in [0.3, 0.4) is 0 Å². The van der Waals surface area contributed by atoms with Gasteiger partial charge in [-0.25, -0.2) is 0 Å². The van der Waals surface area contributed by atoms with Crippen molar-refractivity contribution in [2.45, 2.75) is 31.9 Å². The zero-order valence-electron chi connectivity index (χ0n) is 19.4. The Balaban J connectivity index is 1.75. The summed E-state index contributed by atoms with van der Waals surface area (Å²) in [7, 11) is 0. The van der Waals surface area contributed by atoms with Gasteiger partial charge < -0.3 is 5.32 Å². The van der Waals surface area contributed by atoms with E-state index in [0.29, 0.717) is 27.8 Å². The number of para-hydroxylation sites is 1. The largest absolute Gasteiger partial charge is 0.321 e. The molecule has 5 nitrogen and oxygen atoms in total. The minimum absolute atomic E-state index is 0.104. The normalized spacial score (nSPS) is 16.7. The second kappa shape index (κ2) is 10.8. The molecule has 0 radical (unpaired) electrons. The topological polar surface area (TPSA) is 73.2 Å². The number of thioether (sulfide) groups is 1. The highest BCUT2D eigenvalue weighted by molar-refractivity contribution is 8.05. The number of benzene rings is 3. The molecule has 35 heavy (non-hydrogen) atoms. The maximum absolute atomic E-state index is 13.6. The summed E-state index contributed by atoms with van der Waals surface area (Å²) in [5.41, 5.74) is 3.98. The van der Waals surface area contributed by atoms with E-state index >= 15 is 0 Å². The molecule has 0 aromatic heterocycles. The highest BCUT2D eigenvalue weighted by Gasteiger charge is 2.41. The van der Waals surface area contributed by atoms with Crippen LogP contribution < -0.4 is 10.2 Å². The maximum atomic E-state index is 13.6. The molecule has 1 unspecified atom stereocenters. The number of aryl methyl sites for hydroxylation is 2. The van der Waals surface area contributed by atoms with Crippen molar-refractivity contribution < 1.29 is 9.59 Å². The molecule has 1 aliphatic rings. The number of nitrogens with one attached hydrogen (secondary N) is 1. The van der Waals surface area contributed by atoms with E-state index in [4.69, 9.17) is 11.6 Å². The number of amides is 2. The van der Waals surface area contributed by atoms with Crippen molar-refractivity contribution in [1.29, 1.82) is 5.26 Å². The van der Waals surface area contributed by atoms with Gasteiger partial charge in [-0.3, -0.25) is 14.5 Å². The first-order valence-corrected chi connectivity index (χ1v) is 12.5. The summed E-state index contributed by atoms with van der Waals surface area (Å²) in [5.74, 6) is -0.740. The van der Waals surface area contributed by atoms with Gasteiger partial charge in [0.1, 0.15) is 16.7 Å². The first kappa shape index (κ1) is 24.6. The average molecular weight is 502 g/mol. The lowest BCUT2D eigenvalue weighted by Crippen LogP contribution is -2.31. The summed E-state index contributed by atoms with van der Waals surface area (Å²) in [6, 6.07) is 24.4. The SMILES string of the molecule is CCc1ccc(N2C(=O)C(Cc3ccccc3Cl)S/C2=C(/C#N)C(=O)Nc2ccccc2C)cc1. The number of hydrogen-bond acceptors (Lipinski definition) is 4. The molecule has 3 aromatic rings. The smallest absolute Gasteiger partial charge is 0.269 e. The van der Waals surface area contributed by atoms with Gasteiger partial charge in [-0.15, -0.1) is 0 Å². The molecule has 176 valence electrons. The predicted molar refractivity (Wildman–Crippen MR) is 142 cm³/mol. The van der Waals surface area contributed by atoms with Crippen LogP contribution in [0.2, 0.25) is 5.02 Å². The quantitative estimate of drug-likeness (QED) is 0.319. The highest BCUT2D eigenvalue weighted by Crippen LogP contribution is 2.42. The highest BCUT2D eigenvalue weighted by atomic mass is 35.5. The van der Waals surface area contributed by atoms with Crippen LogP contribution in [-0.2, 0) is 22.4 Å². The molecule has 4 rings (SSSR count). The Kier molecular flexibility index (Phi) is 7.60. The standard InChI is InChI=1S/C28H24ClN3O2S/c1-3-19-12-14-21(15-13-19)32-27(34)25(16-20-9-5-6-10-23(20)29)35-28(32)22(17-30)26(33)31-24-11-7-4-8-18(24)2/h4-15,25H,3,16H2,1-2H3,(H,31,33)/b28-22-. The van der Waals surface area contributed by atoms with E-state index in [-0.39, 0.29) is 11.5 Å². The number of nitrogens with zero attached hydrogens (tertiary/aromatic N) is 2. The monoisotopic (exact) mass is 501 g/mol. The van der Waals surface area contributed by atoms with E-state index in [2.05, 4.69) is 12.2 Å². The predicted octanol–water partition coefficient (Wildman–Crippen LogP) is 6.28. The first-order valence-electron chi connectivity index (χ1n) is 11.3. The van der Waals surface area contributed by atoms with Crippen molar-refractivity contribution in [2.24, 2.45) is 0 Å². The van der Waals surface area contributed by atoms with Crippen LogP contribution in [0, 0.1) is 18.3 Å². The Hall–Kier alpha value is -3.53. The van der Waals surface area contributed by atoms with E-state index in [1.165, 1.54) is 16.7 Å². The number of halogens is 1. The van der Waals surface area contributed by atoms with Crippen LogP contribution in [-0.4, -0.2) is 17.1 Å². The molecule has 1 fully saturated rings. The zero-order chi connectivity index (χ0) is 24.9. The number of carbonyl (C=O) groups is 2. The van der Waals surface area contributed by atoms with Gasteiger partial charge in [0.25, 0.3) is 5.91 Å². The molecule has 7 heteroatoms. The molecule has 2 amide bonds. The number of rotatable bonds is 6. The second-order valence-corrected chi connectivity index (χ2v) is 9.76. The molecule has 1 N–H and O–H groups in total. The minimum Gasteiger partial charge on any atom is -0.321 e. The van der Waals surface area contributed by atoms with E-state index < -0.39 is 11.2 Å².